The van der Waals surface area contributed by atoms with Gasteiger partial charge in [-0.2, -0.15) is 4.72 Å². The van der Waals surface area contributed by atoms with Crippen molar-refractivity contribution in [2.45, 2.75) is 24.0 Å². The lowest BCUT2D eigenvalue weighted by Crippen LogP contribution is -2.64. The summed E-state index contributed by atoms with van der Waals surface area (Å²) < 4.78 is 59.1. The Balaban J connectivity index is 1.49. The number of aromatic amines is 2. The maximum Gasteiger partial charge on any atom is 0.345 e. The first-order chi connectivity index (χ1) is 20.3. The SMILES string of the molecule is CN(C(=O)c1c[nH]c2c(F)c(CNc3ncc[nH]3)c(F)cc2c1=O)C(C)(NS(=O)(=O)c1cccc2ccccc12)C(=O)O. The summed E-state index contributed by atoms with van der Waals surface area (Å²) in [5.74, 6) is -4.88. The minimum Gasteiger partial charge on any atom is -0.478 e. The number of carbonyl (C=O) groups excluding carboxylic acids is 1. The number of likely N-dealkylation sites (N-methyl/N-ethyl adjacent to an activating group) is 1. The first kappa shape index (κ1) is 29.3. The van der Waals surface area contributed by atoms with E-state index in [4.69, 9.17) is 0 Å². The molecule has 2 heterocycles. The second kappa shape index (κ2) is 10.9. The number of imidazole rings is 1. The summed E-state index contributed by atoms with van der Waals surface area (Å²) >= 11 is 0. The summed E-state index contributed by atoms with van der Waals surface area (Å²) in [7, 11) is -3.57. The molecule has 1 amide bonds. The number of nitrogens with zero attached hydrogens (tertiary/aromatic N) is 2. The van der Waals surface area contributed by atoms with Gasteiger partial charge in [0.05, 0.1) is 15.8 Å². The van der Waals surface area contributed by atoms with Gasteiger partial charge in [-0.1, -0.05) is 36.4 Å². The molecule has 222 valence electrons. The van der Waals surface area contributed by atoms with Crippen LogP contribution >= 0.6 is 0 Å². The molecule has 0 radical (unpaired) electrons. The van der Waals surface area contributed by atoms with Crippen molar-refractivity contribution in [3.8, 4) is 0 Å². The van der Waals surface area contributed by atoms with E-state index >= 15 is 4.39 Å². The van der Waals surface area contributed by atoms with E-state index in [2.05, 4.69) is 25.0 Å². The fourth-order valence-electron chi connectivity index (χ4n) is 4.58. The molecule has 0 aliphatic carbocycles. The number of carboxylic acids is 1. The predicted octanol–water partition coefficient (Wildman–Crippen LogP) is 3.15. The van der Waals surface area contributed by atoms with Crippen molar-refractivity contribution >= 4 is 49.5 Å². The topological polar surface area (TPSA) is 177 Å². The smallest absolute Gasteiger partial charge is 0.345 e. The number of aromatic nitrogens is 3. The maximum absolute atomic E-state index is 15.3. The van der Waals surface area contributed by atoms with Crippen molar-refractivity contribution in [3.63, 3.8) is 0 Å². The first-order valence-corrected chi connectivity index (χ1v) is 14.1. The Morgan fingerprint density at radius 3 is 2.51 bits per heavy atom. The molecule has 0 spiro atoms. The standard InChI is InChI=1S/C28H24F2N6O6S/c1-28(26(39)40,35-43(41,42)21-9-5-7-15-6-3-4-8-16(15)21)36(2)25(38)19-14-33-23-17(24(19)37)12-20(29)18(22(23)30)13-34-27-31-10-11-32-27/h3-12,14,35H,13H2,1-2H3,(H,33,37)(H,39,40)(H2,31,32,34). The Kier molecular flexibility index (Phi) is 7.45. The van der Waals surface area contributed by atoms with E-state index in [1.807, 2.05) is 0 Å². The molecule has 0 aliphatic heterocycles. The number of nitrogens with one attached hydrogen (secondary N) is 4. The highest BCUT2D eigenvalue weighted by molar-refractivity contribution is 7.89. The fraction of sp³-hybridized carbons (Fsp3) is 0.143. The molecule has 43 heavy (non-hydrogen) atoms. The second-order valence-electron chi connectivity index (χ2n) is 9.72. The quantitative estimate of drug-likeness (QED) is 0.158. The van der Waals surface area contributed by atoms with Crippen LogP contribution in [0.5, 0.6) is 0 Å². The van der Waals surface area contributed by atoms with Gasteiger partial charge in [0.15, 0.2) is 11.8 Å². The summed E-state index contributed by atoms with van der Waals surface area (Å²) in [6.07, 6.45) is 3.80. The summed E-state index contributed by atoms with van der Waals surface area (Å²) in [4.78, 5) is 48.5. The van der Waals surface area contributed by atoms with Crippen LogP contribution in [0.1, 0.15) is 22.8 Å². The minimum atomic E-state index is -4.56. The van der Waals surface area contributed by atoms with Crippen molar-refractivity contribution in [1.82, 2.24) is 24.6 Å². The van der Waals surface area contributed by atoms with Crippen molar-refractivity contribution < 1.29 is 31.9 Å². The van der Waals surface area contributed by atoms with E-state index < -0.39 is 61.1 Å². The third-order valence-electron chi connectivity index (χ3n) is 7.09. The second-order valence-corrected chi connectivity index (χ2v) is 11.4. The molecule has 3 aromatic carbocycles. The lowest BCUT2D eigenvalue weighted by Gasteiger charge is -2.35. The molecule has 5 N–H and O–H groups in total. The summed E-state index contributed by atoms with van der Waals surface area (Å²) in [5, 5.41) is 13.2. The summed E-state index contributed by atoms with van der Waals surface area (Å²) in [6, 6.07) is 11.7. The number of anilines is 1. The lowest BCUT2D eigenvalue weighted by molar-refractivity contribution is -0.149. The van der Waals surface area contributed by atoms with Gasteiger partial charge in [0.1, 0.15) is 11.4 Å². The van der Waals surface area contributed by atoms with Crippen molar-refractivity contribution in [2.75, 3.05) is 12.4 Å². The van der Waals surface area contributed by atoms with Crippen LogP contribution in [0.4, 0.5) is 14.7 Å². The van der Waals surface area contributed by atoms with Crippen LogP contribution < -0.4 is 15.5 Å². The zero-order valence-corrected chi connectivity index (χ0v) is 23.4. The van der Waals surface area contributed by atoms with Gasteiger partial charge in [0.25, 0.3) is 5.91 Å². The number of rotatable bonds is 9. The van der Waals surface area contributed by atoms with Gasteiger partial charge < -0.3 is 25.3 Å². The highest BCUT2D eigenvalue weighted by Crippen LogP contribution is 2.26. The van der Waals surface area contributed by atoms with Crippen LogP contribution in [-0.4, -0.2) is 58.0 Å². The average molecular weight is 611 g/mol. The number of sulfonamides is 1. The van der Waals surface area contributed by atoms with E-state index in [1.54, 1.807) is 30.3 Å². The number of hydrogen-bond acceptors (Lipinski definition) is 7. The van der Waals surface area contributed by atoms with E-state index in [9.17, 15) is 32.3 Å². The molecular weight excluding hydrogens is 586 g/mol. The summed E-state index contributed by atoms with van der Waals surface area (Å²) in [5.41, 5.74) is -5.16. The van der Waals surface area contributed by atoms with Gasteiger partial charge in [0.2, 0.25) is 21.1 Å². The van der Waals surface area contributed by atoms with Crippen LogP contribution in [0, 0.1) is 11.6 Å². The largest absolute Gasteiger partial charge is 0.478 e. The predicted molar refractivity (Wildman–Crippen MR) is 153 cm³/mol. The number of H-pyrrole nitrogens is 2. The van der Waals surface area contributed by atoms with Crippen LogP contribution in [0.25, 0.3) is 21.7 Å². The number of carboxylic acid groups (broad SMARTS) is 1. The Hall–Kier alpha value is -5.15. The highest BCUT2D eigenvalue weighted by Gasteiger charge is 2.45. The van der Waals surface area contributed by atoms with Gasteiger partial charge >= 0.3 is 5.97 Å². The number of benzene rings is 3. The Morgan fingerprint density at radius 1 is 1.09 bits per heavy atom. The molecule has 0 bridgehead atoms. The zero-order chi connectivity index (χ0) is 31.1. The zero-order valence-electron chi connectivity index (χ0n) is 22.6. The number of amides is 1. The van der Waals surface area contributed by atoms with Gasteiger partial charge in [-0.15, -0.1) is 0 Å². The van der Waals surface area contributed by atoms with Crippen LogP contribution in [0.15, 0.2) is 76.8 Å². The highest BCUT2D eigenvalue weighted by atomic mass is 32.2. The average Bonchev–Trinajstić information content (AvgIpc) is 3.50. The molecule has 5 aromatic rings. The van der Waals surface area contributed by atoms with Gasteiger partial charge in [-0.05, 0) is 24.4 Å². The maximum atomic E-state index is 15.3. The molecule has 5 rings (SSSR count). The van der Waals surface area contributed by atoms with E-state index in [0.29, 0.717) is 15.7 Å². The number of carbonyl (C=O) groups is 2. The Labute approximate surface area is 242 Å². The number of fused-ring (bicyclic) bond motifs is 2. The monoisotopic (exact) mass is 610 g/mol. The van der Waals surface area contributed by atoms with Crippen molar-refractivity contribution in [3.05, 3.63) is 100 Å². The fourth-order valence-corrected chi connectivity index (χ4v) is 6.17. The van der Waals surface area contributed by atoms with Crippen LogP contribution in [0.3, 0.4) is 0 Å². The molecule has 2 aromatic heterocycles. The number of pyridine rings is 1. The Bertz CT molecular complexity index is 2060. The van der Waals surface area contributed by atoms with E-state index in [-0.39, 0.29) is 22.9 Å². The molecule has 15 heteroatoms. The molecule has 0 fully saturated rings. The minimum absolute atomic E-state index is 0.231. The van der Waals surface area contributed by atoms with E-state index in [1.165, 1.54) is 24.5 Å². The van der Waals surface area contributed by atoms with Crippen molar-refractivity contribution in [1.29, 1.82) is 0 Å². The molecule has 1 unspecified atom stereocenters. The number of halogens is 2. The third-order valence-corrected chi connectivity index (χ3v) is 8.69. The molecule has 1 atom stereocenters. The van der Waals surface area contributed by atoms with Gasteiger partial charge in [-0.3, -0.25) is 9.59 Å². The molecule has 0 saturated heterocycles. The molecule has 0 saturated carbocycles. The van der Waals surface area contributed by atoms with Crippen LogP contribution in [0.2, 0.25) is 0 Å². The number of hydrogen-bond donors (Lipinski definition) is 5. The van der Waals surface area contributed by atoms with Crippen molar-refractivity contribution in [2.24, 2.45) is 0 Å². The molecule has 0 aliphatic rings. The first-order valence-electron chi connectivity index (χ1n) is 12.6. The molecular formula is C28H24F2N6O6S. The Morgan fingerprint density at radius 2 is 1.81 bits per heavy atom. The van der Waals surface area contributed by atoms with E-state index in [0.717, 1.165) is 26.2 Å². The van der Waals surface area contributed by atoms with Crippen LogP contribution in [-0.2, 0) is 21.4 Å². The lowest BCUT2D eigenvalue weighted by atomic mass is 10.1. The van der Waals surface area contributed by atoms with Gasteiger partial charge in [-0.25, -0.2) is 27.0 Å². The van der Waals surface area contributed by atoms with Gasteiger partial charge in [0, 0.05) is 43.1 Å². The molecule has 12 nitrogen and oxygen atoms in total. The normalized spacial score (nSPS) is 13.1. The number of aliphatic carboxylic acids is 1. The third kappa shape index (κ3) is 5.19. The summed E-state index contributed by atoms with van der Waals surface area (Å²) in [6.45, 7) is 0.614.